The molecule has 0 saturated heterocycles. The third kappa shape index (κ3) is 1.29. The number of aromatic nitrogens is 1. The van der Waals surface area contributed by atoms with Crippen molar-refractivity contribution in [2.45, 2.75) is 13.1 Å². The van der Waals surface area contributed by atoms with E-state index in [2.05, 4.69) is 10.4 Å². The van der Waals surface area contributed by atoms with Gasteiger partial charge in [0.05, 0.1) is 6.17 Å². The lowest BCUT2D eigenvalue weighted by molar-refractivity contribution is 0.577. The summed E-state index contributed by atoms with van der Waals surface area (Å²) < 4.78 is 0. The lowest BCUT2D eigenvalue weighted by Gasteiger charge is -2.10. The Morgan fingerprint density at radius 2 is 2.07 bits per heavy atom. The number of aromatic amines is 1. The van der Waals surface area contributed by atoms with Crippen LogP contribution in [0.25, 0.3) is 10.9 Å². The van der Waals surface area contributed by atoms with Crippen LogP contribution >= 0.6 is 0 Å². The highest BCUT2D eigenvalue weighted by molar-refractivity contribution is 5.84. The molecule has 4 heteroatoms. The number of para-hydroxylation sites is 1. The topological polar surface area (TPSA) is 79.9 Å². The summed E-state index contributed by atoms with van der Waals surface area (Å²) in [5.41, 5.74) is 11.6. The normalized spacial score (nSPS) is 13.4. The minimum absolute atomic E-state index is 0.328. The predicted molar refractivity (Wildman–Crippen MR) is 57.3 cm³/mol. The fourth-order valence-electron chi connectivity index (χ4n) is 1.78. The number of rotatable bonds is 2. The summed E-state index contributed by atoms with van der Waals surface area (Å²) >= 11 is 0. The molecule has 0 spiro atoms. The molecule has 1 atom stereocenters. The zero-order chi connectivity index (χ0) is 10.1. The summed E-state index contributed by atoms with van der Waals surface area (Å²) in [5, 5.41) is 1.12. The van der Waals surface area contributed by atoms with E-state index in [4.69, 9.17) is 11.6 Å². The van der Waals surface area contributed by atoms with Crippen molar-refractivity contribution < 1.29 is 0 Å². The summed E-state index contributed by atoms with van der Waals surface area (Å²) in [7, 11) is 0. The summed E-state index contributed by atoms with van der Waals surface area (Å²) in [4.78, 5) is 3.27. The van der Waals surface area contributed by atoms with Gasteiger partial charge in [0, 0.05) is 22.2 Å². The summed E-state index contributed by atoms with van der Waals surface area (Å²) in [5.74, 6) is 5.33. The molecule has 0 amide bonds. The van der Waals surface area contributed by atoms with Crippen LogP contribution in [0.4, 0.5) is 0 Å². The van der Waals surface area contributed by atoms with Gasteiger partial charge >= 0.3 is 0 Å². The van der Waals surface area contributed by atoms with Crippen LogP contribution in [0, 0.1) is 6.92 Å². The Morgan fingerprint density at radius 3 is 2.79 bits per heavy atom. The maximum Gasteiger partial charge on any atom is 0.0959 e. The van der Waals surface area contributed by atoms with E-state index in [0.29, 0.717) is 0 Å². The second-order valence-electron chi connectivity index (χ2n) is 3.35. The fraction of sp³-hybridized carbons (Fsp3) is 0.200. The predicted octanol–water partition coefficient (Wildman–Crippen LogP) is 0.897. The number of hydrazine groups is 1. The van der Waals surface area contributed by atoms with Gasteiger partial charge in [0.25, 0.3) is 0 Å². The molecule has 1 unspecified atom stereocenters. The Morgan fingerprint density at radius 1 is 1.36 bits per heavy atom. The molecule has 0 aliphatic heterocycles. The first-order valence-electron chi connectivity index (χ1n) is 4.53. The number of nitrogens with one attached hydrogen (secondary N) is 2. The number of nitrogens with two attached hydrogens (primary N) is 2. The number of fused-ring (bicyclic) bond motifs is 1. The van der Waals surface area contributed by atoms with Crippen molar-refractivity contribution in [3.63, 3.8) is 0 Å². The number of benzene rings is 1. The highest BCUT2D eigenvalue weighted by atomic mass is 15.3. The Balaban J connectivity index is 2.67. The van der Waals surface area contributed by atoms with E-state index in [-0.39, 0.29) is 6.17 Å². The van der Waals surface area contributed by atoms with Crippen LogP contribution in [-0.4, -0.2) is 4.98 Å². The molecule has 1 aromatic heterocycles. The molecule has 0 fully saturated rings. The lowest BCUT2D eigenvalue weighted by Crippen LogP contribution is -2.34. The van der Waals surface area contributed by atoms with Gasteiger partial charge in [0.2, 0.25) is 0 Å². The van der Waals surface area contributed by atoms with Crippen molar-refractivity contribution in [3.05, 3.63) is 35.5 Å². The molecule has 0 aliphatic carbocycles. The molecule has 14 heavy (non-hydrogen) atoms. The van der Waals surface area contributed by atoms with E-state index in [0.717, 1.165) is 22.2 Å². The minimum atomic E-state index is -0.328. The van der Waals surface area contributed by atoms with E-state index in [1.165, 1.54) is 0 Å². The second-order valence-corrected chi connectivity index (χ2v) is 3.35. The number of hydrogen-bond acceptors (Lipinski definition) is 3. The van der Waals surface area contributed by atoms with Crippen LogP contribution < -0.4 is 17.0 Å². The van der Waals surface area contributed by atoms with Crippen LogP contribution in [-0.2, 0) is 0 Å². The Hall–Kier alpha value is -1.36. The van der Waals surface area contributed by atoms with Crippen molar-refractivity contribution in [3.8, 4) is 0 Å². The van der Waals surface area contributed by atoms with Gasteiger partial charge < -0.3 is 10.7 Å². The average molecular weight is 190 g/mol. The van der Waals surface area contributed by atoms with Crippen LogP contribution in [0.15, 0.2) is 24.3 Å². The van der Waals surface area contributed by atoms with Crippen molar-refractivity contribution in [2.24, 2.45) is 11.6 Å². The smallest absolute Gasteiger partial charge is 0.0959 e. The molecule has 0 bridgehead atoms. The van der Waals surface area contributed by atoms with E-state index in [1.54, 1.807) is 0 Å². The Labute approximate surface area is 82.3 Å². The molecule has 74 valence electrons. The monoisotopic (exact) mass is 190 g/mol. The first-order valence-corrected chi connectivity index (χ1v) is 4.53. The van der Waals surface area contributed by atoms with E-state index in [1.807, 2.05) is 31.2 Å². The molecule has 2 aromatic rings. The van der Waals surface area contributed by atoms with E-state index in [9.17, 15) is 0 Å². The fourth-order valence-corrected chi connectivity index (χ4v) is 1.78. The maximum atomic E-state index is 5.85. The van der Waals surface area contributed by atoms with Gasteiger partial charge in [0.15, 0.2) is 0 Å². The second kappa shape index (κ2) is 3.42. The van der Waals surface area contributed by atoms with Crippen LogP contribution in [0.5, 0.6) is 0 Å². The molecule has 6 N–H and O–H groups in total. The van der Waals surface area contributed by atoms with E-state index < -0.39 is 0 Å². The minimum Gasteiger partial charge on any atom is -0.358 e. The molecule has 0 saturated carbocycles. The first-order chi connectivity index (χ1) is 6.74. The quantitative estimate of drug-likeness (QED) is 0.322. The maximum absolute atomic E-state index is 5.85. The molecule has 0 radical (unpaired) electrons. The van der Waals surface area contributed by atoms with Crippen molar-refractivity contribution in [1.82, 2.24) is 10.4 Å². The zero-order valence-electron chi connectivity index (χ0n) is 8.04. The molecule has 1 aromatic carbocycles. The molecule has 4 nitrogen and oxygen atoms in total. The van der Waals surface area contributed by atoms with Gasteiger partial charge in [0.1, 0.15) is 0 Å². The highest BCUT2D eigenvalue weighted by Crippen LogP contribution is 2.24. The van der Waals surface area contributed by atoms with Gasteiger partial charge in [-0.15, -0.1) is 0 Å². The molecular weight excluding hydrogens is 176 g/mol. The SMILES string of the molecule is Cc1[nH]c2ccccc2c1C(N)NN. The zero-order valence-corrected chi connectivity index (χ0v) is 8.04. The third-order valence-electron chi connectivity index (χ3n) is 2.43. The number of aryl methyl sites for hydroxylation is 1. The van der Waals surface area contributed by atoms with Gasteiger partial charge in [-0.2, -0.15) is 0 Å². The van der Waals surface area contributed by atoms with Crippen LogP contribution in [0.3, 0.4) is 0 Å². The standard InChI is InChI=1S/C10H14N4/c1-6-9(10(11)14-12)7-4-2-3-5-8(7)13-6/h2-5,10,13-14H,11-12H2,1H3. The van der Waals surface area contributed by atoms with Gasteiger partial charge in [-0.1, -0.05) is 18.2 Å². The van der Waals surface area contributed by atoms with Crippen LogP contribution in [0.2, 0.25) is 0 Å². The van der Waals surface area contributed by atoms with E-state index >= 15 is 0 Å². The molecule has 2 rings (SSSR count). The number of H-pyrrole nitrogens is 1. The molecule has 0 aliphatic rings. The lowest BCUT2D eigenvalue weighted by atomic mass is 10.1. The van der Waals surface area contributed by atoms with Crippen LogP contribution in [0.1, 0.15) is 17.4 Å². The highest BCUT2D eigenvalue weighted by Gasteiger charge is 2.13. The van der Waals surface area contributed by atoms with Crippen molar-refractivity contribution in [1.29, 1.82) is 0 Å². The first kappa shape index (κ1) is 9.21. The van der Waals surface area contributed by atoms with Crippen molar-refractivity contribution in [2.75, 3.05) is 0 Å². The Bertz CT molecular complexity index is 446. The summed E-state index contributed by atoms with van der Waals surface area (Å²) in [6, 6.07) is 8.03. The largest absolute Gasteiger partial charge is 0.358 e. The Kier molecular flexibility index (Phi) is 2.25. The van der Waals surface area contributed by atoms with Crippen molar-refractivity contribution >= 4 is 10.9 Å². The summed E-state index contributed by atoms with van der Waals surface area (Å²) in [6.45, 7) is 1.99. The molecular formula is C10H14N4. The third-order valence-corrected chi connectivity index (χ3v) is 2.43. The molecule has 1 heterocycles. The van der Waals surface area contributed by atoms with Gasteiger partial charge in [-0.3, -0.25) is 5.84 Å². The van der Waals surface area contributed by atoms with Gasteiger partial charge in [-0.05, 0) is 13.0 Å². The number of hydrogen-bond donors (Lipinski definition) is 4. The summed E-state index contributed by atoms with van der Waals surface area (Å²) in [6.07, 6.45) is -0.328. The van der Waals surface area contributed by atoms with Gasteiger partial charge in [-0.25, -0.2) is 5.43 Å². The average Bonchev–Trinajstić information content (AvgIpc) is 2.53.